The molecule has 0 spiro atoms. The fourth-order valence-electron chi connectivity index (χ4n) is 2.62. The molecule has 144 valence electrons. The van der Waals surface area contributed by atoms with Crippen molar-refractivity contribution in [2.24, 2.45) is 0 Å². The molecule has 2 aromatic carbocycles. The van der Waals surface area contributed by atoms with E-state index in [1.54, 1.807) is 18.2 Å². The minimum atomic E-state index is -0.343. The second kappa shape index (κ2) is 9.78. The van der Waals surface area contributed by atoms with E-state index in [4.69, 9.17) is 21.7 Å². The van der Waals surface area contributed by atoms with Gasteiger partial charge in [-0.3, -0.25) is 10.1 Å². The van der Waals surface area contributed by atoms with Gasteiger partial charge in [-0.05, 0) is 62.5 Å². The van der Waals surface area contributed by atoms with E-state index >= 15 is 0 Å². The molecule has 0 bridgehead atoms. The minimum absolute atomic E-state index is 0.220. The largest absolute Gasteiger partial charge is 0.497 e. The number of anilines is 2. The molecule has 2 rings (SSSR count). The number of hydrogen-bond donors (Lipinski definition) is 2. The van der Waals surface area contributed by atoms with Crippen LogP contribution >= 0.6 is 12.2 Å². The summed E-state index contributed by atoms with van der Waals surface area (Å²) in [5, 5.41) is 5.91. The van der Waals surface area contributed by atoms with Gasteiger partial charge in [0.15, 0.2) is 5.11 Å². The Bertz CT molecular complexity index is 767. The number of nitrogens with one attached hydrogen (secondary N) is 2. The van der Waals surface area contributed by atoms with Gasteiger partial charge in [0.2, 0.25) is 0 Å². The molecular formula is C20H25N3O3S. The van der Waals surface area contributed by atoms with Crippen LogP contribution in [0.2, 0.25) is 0 Å². The predicted molar refractivity (Wildman–Crippen MR) is 113 cm³/mol. The average molecular weight is 388 g/mol. The van der Waals surface area contributed by atoms with Crippen LogP contribution in [-0.2, 0) is 0 Å². The van der Waals surface area contributed by atoms with Crippen molar-refractivity contribution < 1.29 is 14.3 Å². The molecule has 0 heterocycles. The van der Waals surface area contributed by atoms with Crippen LogP contribution in [0.15, 0.2) is 42.5 Å². The third-order valence-electron chi connectivity index (χ3n) is 4.09. The lowest BCUT2D eigenvalue weighted by atomic mass is 10.2. The molecule has 7 heteroatoms. The summed E-state index contributed by atoms with van der Waals surface area (Å²) < 4.78 is 10.4. The molecule has 0 aliphatic carbocycles. The predicted octanol–water partition coefficient (Wildman–Crippen LogP) is 3.68. The zero-order valence-electron chi connectivity index (χ0n) is 16.0. The standard InChI is InChI=1S/C20H25N3O3S/c1-5-23(6-2)16-9-7-15(8-10-16)21-20(27)22-19(24)14-11-17(25-3)13-18(12-14)26-4/h7-13H,5-6H2,1-4H3,(H2,21,22,24,27). The zero-order chi connectivity index (χ0) is 19.8. The van der Waals surface area contributed by atoms with Crippen LogP contribution in [0.5, 0.6) is 11.5 Å². The van der Waals surface area contributed by atoms with Gasteiger partial charge < -0.3 is 19.7 Å². The maximum Gasteiger partial charge on any atom is 0.257 e. The van der Waals surface area contributed by atoms with Gasteiger partial charge in [-0.1, -0.05) is 0 Å². The Balaban J connectivity index is 2.02. The van der Waals surface area contributed by atoms with Gasteiger partial charge >= 0.3 is 0 Å². The highest BCUT2D eigenvalue weighted by molar-refractivity contribution is 7.80. The van der Waals surface area contributed by atoms with Gasteiger partial charge in [0, 0.05) is 36.1 Å². The Labute approximate surface area is 165 Å². The fourth-order valence-corrected chi connectivity index (χ4v) is 2.83. The van der Waals surface area contributed by atoms with Crippen LogP contribution in [0.25, 0.3) is 0 Å². The van der Waals surface area contributed by atoms with E-state index in [0.717, 1.165) is 24.5 Å². The normalized spacial score (nSPS) is 10.1. The number of thiocarbonyl (C=S) groups is 1. The minimum Gasteiger partial charge on any atom is -0.497 e. The number of ether oxygens (including phenoxy) is 2. The first-order chi connectivity index (χ1) is 13.0. The monoisotopic (exact) mass is 387 g/mol. The molecule has 1 amide bonds. The molecule has 0 aromatic heterocycles. The molecule has 0 atom stereocenters. The van der Waals surface area contributed by atoms with Crippen molar-refractivity contribution in [3.8, 4) is 11.5 Å². The van der Waals surface area contributed by atoms with Gasteiger partial charge in [0.25, 0.3) is 5.91 Å². The number of benzene rings is 2. The molecule has 0 radical (unpaired) electrons. The number of rotatable bonds is 7. The van der Waals surface area contributed by atoms with Crippen molar-refractivity contribution in [1.82, 2.24) is 5.32 Å². The first-order valence-corrected chi connectivity index (χ1v) is 9.11. The van der Waals surface area contributed by atoms with Crippen LogP contribution in [0.4, 0.5) is 11.4 Å². The highest BCUT2D eigenvalue weighted by atomic mass is 32.1. The van der Waals surface area contributed by atoms with Crippen molar-refractivity contribution >= 4 is 34.6 Å². The summed E-state index contributed by atoms with van der Waals surface area (Å²) in [7, 11) is 3.06. The average Bonchev–Trinajstić information content (AvgIpc) is 2.69. The van der Waals surface area contributed by atoms with Crippen LogP contribution in [0.1, 0.15) is 24.2 Å². The van der Waals surface area contributed by atoms with E-state index in [-0.39, 0.29) is 11.0 Å². The Kier molecular flexibility index (Phi) is 7.43. The number of carbonyl (C=O) groups is 1. The van der Waals surface area contributed by atoms with Crippen molar-refractivity contribution in [1.29, 1.82) is 0 Å². The van der Waals surface area contributed by atoms with E-state index in [0.29, 0.717) is 17.1 Å². The highest BCUT2D eigenvalue weighted by Gasteiger charge is 2.12. The Morgan fingerprint density at radius 3 is 2.04 bits per heavy atom. The molecule has 2 N–H and O–H groups in total. The highest BCUT2D eigenvalue weighted by Crippen LogP contribution is 2.22. The summed E-state index contributed by atoms with van der Waals surface area (Å²) in [6, 6.07) is 12.9. The third kappa shape index (κ3) is 5.59. The second-order valence-electron chi connectivity index (χ2n) is 5.73. The molecule has 0 aliphatic rings. The van der Waals surface area contributed by atoms with Crippen molar-refractivity contribution in [2.45, 2.75) is 13.8 Å². The molecule has 0 fully saturated rings. The molecule has 0 aliphatic heterocycles. The molecule has 6 nitrogen and oxygen atoms in total. The zero-order valence-corrected chi connectivity index (χ0v) is 16.9. The first kappa shape index (κ1) is 20.5. The number of hydrogen-bond acceptors (Lipinski definition) is 5. The van der Waals surface area contributed by atoms with Crippen LogP contribution < -0.4 is 25.0 Å². The van der Waals surface area contributed by atoms with E-state index in [1.165, 1.54) is 14.2 Å². The van der Waals surface area contributed by atoms with Crippen molar-refractivity contribution in [3.05, 3.63) is 48.0 Å². The first-order valence-electron chi connectivity index (χ1n) is 8.71. The van der Waals surface area contributed by atoms with Crippen LogP contribution in [-0.4, -0.2) is 38.3 Å². The van der Waals surface area contributed by atoms with E-state index < -0.39 is 0 Å². The molecule has 0 unspecified atom stereocenters. The van der Waals surface area contributed by atoms with E-state index in [1.807, 2.05) is 24.3 Å². The number of nitrogens with zero attached hydrogens (tertiary/aromatic N) is 1. The van der Waals surface area contributed by atoms with Crippen LogP contribution in [0.3, 0.4) is 0 Å². The smallest absolute Gasteiger partial charge is 0.257 e. The van der Waals surface area contributed by atoms with E-state index in [9.17, 15) is 4.79 Å². The van der Waals surface area contributed by atoms with Gasteiger partial charge in [-0.25, -0.2) is 0 Å². The lowest BCUT2D eigenvalue weighted by Gasteiger charge is -2.21. The van der Waals surface area contributed by atoms with Crippen LogP contribution in [0, 0.1) is 0 Å². The third-order valence-corrected chi connectivity index (χ3v) is 4.30. The number of amides is 1. The summed E-state index contributed by atoms with van der Waals surface area (Å²) in [6.07, 6.45) is 0. The SMILES string of the molecule is CCN(CC)c1ccc(NC(=S)NC(=O)c2cc(OC)cc(OC)c2)cc1. The molecule has 0 saturated carbocycles. The summed E-state index contributed by atoms with van der Waals surface area (Å²) >= 11 is 5.25. The molecule has 2 aromatic rings. The maximum absolute atomic E-state index is 12.4. The molecule has 0 saturated heterocycles. The maximum atomic E-state index is 12.4. The second-order valence-corrected chi connectivity index (χ2v) is 6.14. The summed E-state index contributed by atoms with van der Waals surface area (Å²) in [4.78, 5) is 14.7. The van der Waals surface area contributed by atoms with Crippen molar-refractivity contribution in [2.75, 3.05) is 37.5 Å². The van der Waals surface area contributed by atoms with Gasteiger partial charge in [-0.15, -0.1) is 0 Å². The number of methoxy groups -OCH3 is 2. The Hall–Kier alpha value is -2.80. The number of carbonyl (C=O) groups excluding carboxylic acids is 1. The van der Waals surface area contributed by atoms with Gasteiger partial charge in [0.05, 0.1) is 14.2 Å². The van der Waals surface area contributed by atoms with E-state index in [2.05, 4.69) is 29.4 Å². The van der Waals surface area contributed by atoms with Gasteiger partial charge in [0.1, 0.15) is 11.5 Å². The molecule has 27 heavy (non-hydrogen) atoms. The Morgan fingerprint density at radius 2 is 1.56 bits per heavy atom. The van der Waals surface area contributed by atoms with Gasteiger partial charge in [-0.2, -0.15) is 0 Å². The Morgan fingerprint density at radius 1 is 1.00 bits per heavy atom. The summed E-state index contributed by atoms with van der Waals surface area (Å²) in [6.45, 7) is 6.13. The summed E-state index contributed by atoms with van der Waals surface area (Å²) in [5.41, 5.74) is 2.34. The summed E-state index contributed by atoms with van der Waals surface area (Å²) in [5.74, 6) is 0.722. The lowest BCUT2D eigenvalue weighted by Crippen LogP contribution is -2.34. The molecular weight excluding hydrogens is 362 g/mol. The fraction of sp³-hybridized carbons (Fsp3) is 0.300. The lowest BCUT2D eigenvalue weighted by molar-refractivity contribution is 0.0977. The quantitative estimate of drug-likeness (QED) is 0.707. The topological polar surface area (TPSA) is 62.8 Å². The van der Waals surface area contributed by atoms with Crippen molar-refractivity contribution in [3.63, 3.8) is 0 Å².